The van der Waals surface area contributed by atoms with E-state index < -0.39 is 0 Å². The number of carbonyl (C=O) groups is 1. The van der Waals surface area contributed by atoms with Crippen molar-refractivity contribution in [3.63, 3.8) is 0 Å². The summed E-state index contributed by atoms with van der Waals surface area (Å²) in [5.41, 5.74) is 0. The molecule has 3 heteroatoms. The summed E-state index contributed by atoms with van der Waals surface area (Å²) in [6.07, 6.45) is 1.24. The average molecular weight is 218 g/mol. The van der Waals surface area contributed by atoms with Crippen molar-refractivity contribution in [2.45, 2.75) is 27.2 Å². The van der Waals surface area contributed by atoms with E-state index >= 15 is 0 Å². The lowest BCUT2D eigenvalue weighted by atomic mass is 9.91. The number of amides is 1. The first-order chi connectivity index (χ1) is 6.54. The van der Waals surface area contributed by atoms with Gasteiger partial charge < -0.3 is 4.90 Å². The third-order valence-corrected chi connectivity index (χ3v) is 3.30. The van der Waals surface area contributed by atoms with Gasteiger partial charge in [0.05, 0.1) is 0 Å². The van der Waals surface area contributed by atoms with E-state index in [1.807, 2.05) is 11.8 Å². The van der Waals surface area contributed by atoms with Gasteiger partial charge in [-0.3, -0.25) is 4.79 Å². The third kappa shape index (κ3) is 2.88. The largest absolute Gasteiger partial charge is 0.342 e. The minimum absolute atomic E-state index is 0.0332. The molecule has 0 aromatic carbocycles. The number of rotatable bonds is 2. The van der Waals surface area contributed by atoms with E-state index in [1.54, 1.807) is 0 Å². The summed E-state index contributed by atoms with van der Waals surface area (Å²) in [4.78, 5) is 13.8. The molecular weight excluding hydrogens is 198 g/mol. The van der Waals surface area contributed by atoms with Crippen molar-refractivity contribution < 1.29 is 4.79 Å². The molecule has 1 amide bonds. The van der Waals surface area contributed by atoms with Crippen LogP contribution in [0.5, 0.6) is 0 Å². The van der Waals surface area contributed by atoms with Crippen LogP contribution in [0.25, 0.3) is 0 Å². The maximum Gasteiger partial charge on any atom is 0.226 e. The second-order valence-corrected chi connectivity index (χ2v) is 5.05. The van der Waals surface area contributed by atoms with Gasteiger partial charge in [0.15, 0.2) is 0 Å². The fourth-order valence-corrected chi connectivity index (χ4v) is 2.35. The fraction of sp³-hybridized carbons (Fsp3) is 0.909. The first kappa shape index (κ1) is 11.8. The van der Waals surface area contributed by atoms with Gasteiger partial charge in [0.25, 0.3) is 0 Å². The van der Waals surface area contributed by atoms with Crippen LogP contribution in [0, 0.1) is 17.8 Å². The van der Waals surface area contributed by atoms with Crippen LogP contribution in [0.4, 0.5) is 0 Å². The van der Waals surface area contributed by atoms with Crippen LogP contribution in [-0.4, -0.2) is 29.8 Å². The lowest BCUT2D eigenvalue weighted by Gasteiger charge is -2.36. The molecule has 1 rings (SSSR count). The summed E-state index contributed by atoms with van der Waals surface area (Å²) in [5, 5.41) is 0. The molecule has 0 aromatic heterocycles. The van der Waals surface area contributed by atoms with Gasteiger partial charge in [-0.1, -0.05) is 20.8 Å². The molecule has 0 spiro atoms. The highest BCUT2D eigenvalue weighted by atomic mass is 35.5. The second kappa shape index (κ2) is 5.01. The Hall–Kier alpha value is -0.240. The molecule has 0 aliphatic carbocycles. The summed E-state index contributed by atoms with van der Waals surface area (Å²) < 4.78 is 0. The Bertz CT molecular complexity index is 197. The topological polar surface area (TPSA) is 20.3 Å². The molecule has 3 unspecified atom stereocenters. The molecule has 1 aliphatic rings. The molecule has 2 nitrogen and oxygen atoms in total. The van der Waals surface area contributed by atoms with E-state index in [9.17, 15) is 4.79 Å². The number of nitrogens with zero attached hydrogens (tertiary/aromatic N) is 1. The molecule has 1 saturated heterocycles. The molecule has 1 aliphatic heterocycles. The minimum Gasteiger partial charge on any atom is -0.342 e. The maximum atomic E-state index is 11.9. The Labute approximate surface area is 91.6 Å². The van der Waals surface area contributed by atoms with Gasteiger partial charge >= 0.3 is 0 Å². The van der Waals surface area contributed by atoms with Gasteiger partial charge in [-0.15, -0.1) is 11.6 Å². The van der Waals surface area contributed by atoms with E-state index in [2.05, 4.69) is 13.8 Å². The Kier molecular flexibility index (Phi) is 4.24. The number of hydrogen-bond acceptors (Lipinski definition) is 1. The van der Waals surface area contributed by atoms with Crippen LogP contribution in [0.15, 0.2) is 0 Å². The molecule has 0 bridgehead atoms. The molecule has 14 heavy (non-hydrogen) atoms. The van der Waals surface area contributed by atoms with Crippen molar-refractivity contribution in [3.05, 3.63) is 0 Å². The summed E-state index contributed by atoms with van der Waals surface area (Å²) in [5.74, 6) is 1.88. The zero-order valence-corrected chi connectivity index (χ0v) is 10.0. The third-order valence-electron chi connectivity index (χ3n) is 2.83. The zero-order chi connectivity index (χ0) is 10.7. The number of halogens is 1. The molecular formula is C11H20ClNO. The van der Waals surface area contributed by atoms with E-state index in [4.69, 9.17) is 11.6 Å². The van der Waals surface area contributed by atoms with E-state index in [0.29, 0.717) is 17.7 Å². The molecule has 82 valence electrons. The zero-order valence-electron chi connectivity index (χ0n) is 9.29. The predicted octanol–water partition coefficient (Wildman–Crippen LogP) is 2.37. The summed E-state index contributed by atoms with van der Waals surface area (Å²) in [6, 6.07) is 0. The van der Waals surface area contributed by atoms with Crippen molar-refractivity contribution in [1.29, 1.82) is 0 Å². The predicted molar refractivity (Wildman–Crippen MR) is 59.4 cm³/mol. The van der Waals surface area contributed by atoms with Gasteiger partial charge in [0, 0.05) is 24.9 Å². The Morgan fingerprint density at radius 2 is 1.93 bits per heavy atom. The number of hydrogen-bond donors (Lipinski definition) is 0. The highest BCUT2D eigenvalue weighted by Gasteiger charge is 2.27. The summed E-state index contributed by atoms with van der Waals surface area (Å²) >= 11 is 5.69. The Morgan fingerprint density at radius 1 is 1.43 bits per heavy atom. The van der Waals surface area contributed by atoms with Gasteiger partial charge in [-0.2, -0.15) is 0 Å². The van der Waals surface area contributed by atoms with Crippen LogP contribution in [0.2, 0.25) is 0 Å². The quantitative estimate of drug-likeness (QED) is 0.651. The van der Waals surface area contributed by atoms with Gasteiger partial charge in [0.2, 0.25) is 5.91 Å². The van der Waals surface area contributed by atoms with Crippen molar-refractivity contribution in [3.8, 4) is 0 Å². The number of carbonyl (C=O) groups excluding carboxylic acids is 1. The first-order valence-corrected chi connectivity index (χ1v) is 5.92. The van der Waals surface area contributed by atoms with Crippen LogP contribution >= 0.6 is 11.6 Å². The van der Waals surface area contributed by atoms with E-state index in [1.165, 1.54) is 6.42 Å². The standard InChI is InChI=1S/C11H20ClNO/c1-8-4-9(2)7-13(6-8)11(14)10(3)5-12/h8-10H,4-7H2,1-3H3. The average Bonchev–Trinajstić information content (AvgIpc) is 2.14. The van der Waals surface area contributed by atoms with Crippen LogP contribution in [0.1, 0.15) is 27.2 Å². The van der Waals surface area contributed by atoms with Crippen molar-refractivity contribution >= 4 is 17.5 Å². The number of piperidine rings is 1. The maximum absolute atomic E-state index is 11.9. The second-order valence-electron chi connectivity index (χ2n) is 4.74. The van der Waals surface area contributed by atoms with Gasteiger partial charge in [-0.25, -0.2) is 0 Å². The first-order valence-electron chi connectivity index (χ1n) is 5.39. The van der Waals surface area contributed by atoms with Crippen molar-refractivity contribution in [2.24, 2.45) is 17.8 Å². The molecule has 0 N–H and O–H groups in total. The number of alkyl halides is 1. The van der Waals surface area contributed by atoms with Crippen LogP contribution in [-0.2, 0) is 4.79 Å². The van der Waals surface area contributed by atoms with E-state index in [0.717, 1.165) is 13.1 Å². The Balaban J connectivity index is 2.54. The SMILES string of the molecule is CC1CC(C)CN(C(=O)C(C)CCl)C1. The van der Waals surface area contributed by atoms with E-state index in [-0.39, 0.29) is 11.8 Å². The van der Waals surface area contributed by atoms with Crippen molar-refractivity contribution in [2.75, 3.05) is 19.0 Å². The molecule has 0 radical (unpaired) electrons. The lowest BCUT2D eigenvalue weighted by molar-refractivity contribution is -0.137. The molecule has 0 saturated carbocycles. The lowest BCUT2D eigenvalue weighted by Crippen LogP contribution is -2.45. The molecule has 1 heterocycles. The van der Waals surface area contributed by atoms with Crippen LogP contribution < -0.4 is 0 Å². The van der Waals surface area contributed by atoms with Crippen molar-refractivity contribution in [1.82, 2.24) is 4.90 Å². The fourth-order valence-electron chi connectivity index (χ4n) is 2.22. The highest BCUT2D eigenvalue weighted by Crippen LogP contribution is 2.22. The number of likely N-dealkylation sites (tertiary alicyclic amines) is 1. The van der Waals surface area contributed by atoms with Gasteiger partial charge in [0.1, 0.15) is 0 Å². The highest BCUT2D eigenvalue weighted by molar-refractivity contribution is 6.19. The molecule has 1 fully saturated rings. The molecule has 0 aromatic rings. The summed E-state index contributed by atoms with van der Waals surface area (Å²) in [7, 11) is 0. The van der Waals surface area contributed by atoms with Crippen LogP contribution in [0.3, 0.4) is 0 Å². The monoisotopic (exact) mass is 217 g/mol. The normalized spacial score (nSPS) is 30.1. The smallest absolute Gasteiger partial charge is 0.226 e. The summed E-state index contributed by atoms with van der Waals surface area (Å²) in [6.45, 7) is 8.14. The minimum atomic E-state index is -0.0332. The Morgan fingerprint density at radius 3 is 2.36 bits per heavy atom. The van der Waals surface area contributed by atoms with Gasteiger partial charge in [-0.05, 0) is 18.3 Å². The molecule has 3 atom stereocenters.